The van der Waals surface area contributed by atoms with Crippen LogP contribution in [0.1, 0.15) is 20.8 Å². The maximum atomic E-state index is 2.37. The highest BCUT2D eigenvalue weighted by atomic mass is 32.2. The Morgan fingerprint density at radius 1 is 1.30 bits per heavy atom. The van der Waals surface area contributed by atoms with Gasteiger partial charge in [0.25, 0.3) is 0 Å². The smallest absolute Gasteiger partial charge is 0.0766 e. The molecular weight excluding hydrogens is 160 g/mol. The summed E-state index contributed by atoms with van der Waals surface area (Å²) in [7, 11) is 0. The van der Waals surface area contributed by atoms with Crippen molar-refractivity contribution < 1.29 is 0 Å². The normalized spacial score (nSPS) is 22.7. The lowest BCUT2D eigenvalue weighted by atomic mass is 10.3. The van der Waals surface area contributed by atoms with Gasteiger partial charge in [0.15, 0.2) is 0 Å². The fraction of sp³-hybridized carbons (Fsp3) is 0.750. The molecule has 0 aliphatic carbocycles. The number of rotatable bonds is 1. The third-order valence-electron chi connectivity index (χ3n) is 1.41. The zero-order valence-electron chi connectivity index (χ0n) is 6.81. The lowest BCUT2D eigenvalue weighted by Crippen LogP contribution is -2.06. The topological polar surface area (TPSA) is 0 Å². The van der Waals surface area contributed by atoms with Crippen molar-refractivity contribution in [3.63, 3.8) is 0 Å². The Bertz CT molecular complexity index is 139. The third-order valence-corrected chi connectivity index (χ3v) is 4.58. The first kappa shape index (κ1) is 8.54. The minimum atomic E-state index is 0.388. The summed E-state index contributed by atoms with van der Waals surface area (Å²) < 4.78 is 0.388. The van der Waals surface area contributed by atoms with E-state index in [4.69, 9.17) is 0 Å². The van der Waals surface area contributed by atoms with E-state index in [1.165, 1.54) is 17.1 Å². The van der Waals surface area contributed by atoms with Crippen molar-refractivity contribution in [3.05, 3.63) is 11.6 Å². The quantitative estimate of drug-likeness (QED) is 0.560. The highest BCUT2D eigenvalue weighted by molar-refractivity contribution is 8.21. The van der Waals surface area contributed by atoms with Crippen LogP contribution in [0.15, 0.2) is 11.6 Å². The SMILES string of the molecule is CC(C)=CC1(C)SCCS1. The number of allylic oxidation sites excluding steroid dienone is 1. The molecule has 1 rings (SSSR count). The molecule has 58 valence electrons. The highest BCUT2D eigenvalue weighted by Crippen LogP contribution is 2.44. The van der Waals surface area contributed by atoms with Crippen LogP contribution in [-0.2, 0) is 0 Å². The maximum Gasteiger partial charge on any atom is 0.0766 e. The van der Waals surface area contributed by atoms with Gasteiger partial charge in [-0.2, -0.15) is 0 Å². The Kier molecular flexibility index (Phi) is 2.75. The van der Waals surface area contributed by atoms with Crippen LogP contribution in [0, 0.1) is 0 Å². The van der Waals surface area contributed by atoms with Gasteiger partial charge in [-0.25, -0.2) is 0 Å². The summed E-state index contributed by atoms with van der Waals surface area (Å²) in [5, 5.41) is 0. The van der Waals surface area contributed by atoms with E-state index in [0.717, 1.165) is 0 Å². The fourth-order valence-corrected chi connectivity index (χ4v) is 4.09. The highest BCUT2D eigenvalue weighted by Gasteiger charge is 2.27. The van der Waals surface area contributed by atoms with Gasteiger partial charge in [-0.3, -0.25) is 0 Å². The summed E-state index contributed by atoms with van der Waals surface area (Å²) >= 11 is 4.12. The van der Waals surface area contributed by atoms with Gasteiger partial charge in [-0.15, -0.1) is 23.5 Å². The predicted molar refractivity (Wildman–Crippen MR) is 52.8 cm³/mol. The van der Waals surface area contributed by atoms with Gasteiger partial charge in [0.2, 0.25) is 0 Å². The molecule has 0 spiro atoms. The molecule has 0 N–H and O–H groups in total. The first-order valence-corrected chi connectivity index (χ1v) is 5.53. The predicted octanol–water partition coefficient (Wildman–Crippen LogP) is 3.15. The summed E-state index contributed by atoms with van der Waals surface area (Å²) in [4.78, 5) is 0. The van der Waals surface area contributed by atoms with Crippen molar-refractivity contribution in [1.82, 2.24) is 0 Å². The Hall–Kier alpha value is 0.440. The minimum Gasteiger partial charge on any atom is -0.139 e. The fourth-order valence-electron chi connectivity index (χ4n) is 1.14. The van der Waals surface area contributed by atoms with E-state index in [1.807, 2.05) is 0 Å². The Morgan fingerprint density at radius 2 is 1.80 bits per heavy atom. The van der Waals surface area contributed by atoms with Gasteiger partial charge >= 0.3 is 0 Å². The van der Waals surface area contributed by atoms with Crippen LogP contribution in [-0.4, -0.2) is 15.6 Å². The monoisotopic (exact) mass is 174 g/mol. The molecule has 1 aliphatic rings. The van der Waals surface area contributed by atoms with Crippen LogP contribution in [0.2, 0.25) is 0 Å². The number of hydrogen-bond donors (Lipinski definition) is 0. The molecule has 0 nitrogen and oxygen atoms in total. The van der Waals surface area contributed by atoms with Crippen LogP contribution < -0.4 is 0 Å². The van der Waals surface area contributed by atoms with E-state index in [0.29, 0.717) is 4.08 Å². The van der Waals surface area contributed by atoms with Gasteiger partial charge in [0.05, 0.1) is 4.08 Å². The molecule has 1 aliphatic heterocycles. The molecule has 0 unspecified atom stereocenters. The van der Waals surface area contributed by atoms with Crippen LogP contribution >= 0.6 is 23.5 Å². The van der Waals surface area contributed by atoms with E-state index in [1.54, 1.807) is 0 Å². The van der Waals surface area contributed by atoms with Gasteiger partial charge in [-0.05, 0) is 20.8 Å². The standard InChI is InChI=1S/C8H14S2/c1-7(2)6-8(3)9-4-5-10-8/h6H,4-5H2,1-3H3. The molecule has 0 radical (unpaired) electrons. The third kappa shape index (κ3) is 2.24. The second-order valence-corrected chi connectivity index (χ2v) is 6.28. The molecule has 1 heterocycles. The van der Waals surface area contributed by atoms with Crippen LogP contribution in [0.3, 0.4) is 0 Å². The molecule has 0 saturated carbocycles. The summed E-state index contributed by atoms with van der Waals surface area (Å²) in [6.45, 7) is 6.65. The van der Waals surface area contributed by atoms with Crippen molar-refractivity contribution in [2.24, 2.45) is 0 Å². The zero-order valence-corrected chi connectivity index (χ0v) is 8.44. The molecule has 0 aromatic rings. The molecule has 1 saturated heterocycles. The average Bonchev–Trinajstić information content (AvgIpc) is 2.12. The Morgan fingerprint density at radius 3 is 2.20 bits per heavy atom. The number of hydrogen-bond acceptors (Lipinski definition) is 2. The summed E-state index contributed by atoms with van der Waals surface area (Å²) in [5.74, 6) is 2.62. The van der Waals surface area contributed by atoms with Crippen molar-refractivity contribution >= 4 is 23.5 Å². The van der Waals surface area contributed by atoms with Gasteiger partial charge in [0, 0.05) is 11.5 Å². The van der Waals surface area contributed by atoms with Crippen LogP contribution in [0.4, 0.5) is 0 Å². The lowest BCUT2D eigenvalue weighted by Gasteiger charge is -2.16. The minimum absolute atomic E-state index is 0.388. The molecule has 0 bridgehead atoms. The van der Waals surface area contributed by atoms with E-state index >= 15 is 0 Å². The molecule has 1 fully saturated rings. The summed E-state index contributed by atoms with van der Waals surface area (Å²) in [6.07, 6.45) is 2.37. The van der Waals surface area contributed by atoms with Gasteiger partial charge in [0.1, 0.15) is 0 Å². The molecule has 10 heavy (non-hydrogen) atoms. The first-order valence-electron chi connectivity index (χ1n) is 3.56. The second-order valence-electron chi connectivity index (χ2n) is 2.93. The largest absolute Gasteiger partial charge is 0.139 e. The molecular formula is C8H14S2. The van der Waals surface area contributed by atoms with Crippen molar-refractivity contribution in [3.8, 4) is 0 Å². The summed E-state index contributed by atoms with van der Waals surface area (Å²) in [5.41, 5.74) is 1.43. The molecule has 0 amide bonds. The molecule has 0 aromatic heterocycles. The van der Waals surface area contributed by atoms with E-state index < -0.39 is 0 Å². The Labute approximate surface area is 71.8 Å². The van der Waals surface area contributed by atoms with Gasteiger partial charge in [-0.1, -0.05) is 11.6 Å². The van der Waals surface area contributed by atoms with Crippen LogP contribution in [0.25, 0.3) is 0 Å². The van der Waals surface area contributed by atoms with Crippen LogP contribution in [0.5, 0.6) is 0 Å². The first-order chi connectivity index (χ1) is 4.62. The maximum absolute atomic E-state index is 2.37. The van der Waals surface area contributed by atoms with Crippen molar-refractivity contribution in [1.29, 1.82) is 0 Å². The zero-order chi connectivity index (χ0) is 7.61. The second kappa shape index (κ2) is 3.22. The van der Waals surface area contributed by atoms with Gasteiger partial charge < -0.3 is 0 Å². The number of thioether (sulfide) groups is 2. The molecule has 0 atom stereocenters. The van der Waals surface area contributed by atoms with E-state index in [-0.39, 0.29) is 0 Å². The molecule has 2 heteroatoms. The van der Waals surface area contributed by atoms with Crippen molar-refractivity contribution in [2.75, 3.05) is 11.5 Å². The van der Waals surface area contributed by atoms with E-state index in [2.05, 4.69) is 50.4 Å². The Balaban J connectivity index is 2.59. The molecule has 0 aromatic carbocycles. The summed E-state index contributed by atoms with van der Waals surface area (Å²) in [6, 6.07) is 0. The lowest BCUT2D eigenvalue weighted by molar-refractivity contribution is 1.13. The van der Waals surface area contributed by atoms with E-state index in [9.17, 15) is 0 Å². The van der Waals surface area contributed by atoms with Crippen molar-refractivity contribution in [2.45, 2.75) is 24.9 Å². The average molecular weight is 174 g/mol.